The summed E-state index contributed by atoms with van der Waals surface area (Å²) in [6, 6.07) is 4.85. The first kappa shape index (κ1) is 63.5. The summed E-state index contributed by atoms with van der Waals surface area (Å²) in [4.78, 5) is 175. The normalized spacial score (nSPS) is 24.1. The summed E-state index contributed by atoms with van der Waals surface area (Å²) in [5.41, 5.74) is 23.0. The number of aliphatic carboxylic acids is 2. The van der Waals surface area contributed by atoms with Gasteiger partial charge in [0.1, 0.15) is 48.3 Å². The van der Waals surface area contributed by atoms with Gasteiger partial charge >= 0.3 is 11.9 Å². The first-order valence-corrected chi connectivity index (χ1v) is 26.7. The number of nitrogens with zero attached hydrogens (tertiary/aromatic N) is 4. The number of aliphatic imine (C=N–C) groups is 2. The van der Waals surface area contributed by atoms with E-state index in [0.29, 0.717) is 11.1 Å². The molecule has 2 aromatic rings. The number of fused-ring (bicyclic) bond motifs is 2. The number of hydrogen-bond acceptors (Lipinski definition) is 14. The van der Waals surface area contributed by atoms with Crippen LogP contribution in [-0.4, -0.2) is 191 Å². The highest BCUT2D eigenvalue weighted by molar-refractivity contribution is 6.00. The summed E-state index contributed by atoms with van der Waals surface area (Å²) >= 11 is 0. The Bertz CT molecular complexity index is 2520. The van der Waals surface area contributed by atoms with Crippen molar-refractivity contribution < 1.29 is 67.7 Å². The summed E-state index contributed by atoms with van der Waals surface area (Å²) in [6.07, 6.45) is -1.61. The molecule has 0 bridgehead atoms. The first-order valence-electron chi connectivity index (χ1n) is 26.7. The summed E-state index contributed by atoms with van der Waals surface area (Å²) in [6.45, 7) is -1.71. The highest BCUT2D eigenvalue weighted by Crippen LogP contribution is 2.23. The maximum absolute atomic E-state index is 14.6. The molecule has 0 saturated carbocycles. The lowest BCUT2D eigenvalue weighted by Gasteiger charge is -2.31. The van der Waals surface area contributed by atoms with Gasteiger partial charge in [-0.3, -0.25) is 67.5 Å². The van der Waals surface area contributed by atoms with Gasteiger partial charge in [0, 0.05) is 39.0 Å². The summed E-state index contributed by atoms with van der Waals surface area (Å²) in [5, 5.41) is 39.4. The molecule has 82 heavy (non-hydrogen) atoms. The third-order valence-corrected chi connectivity index (χ3v) is 13.5. The van der Waals surface area contributed by atoms with Gasteiger partial charge in [0.2, 0.25) is 59.1 Å². The van der Waals surface area contributed by atoms with Crippen LogP contribution in [0, 0.1) is 0 Å². The Balaban J connectivity index is 1.52. The molecule has 0 radical (unpaired) electrons. The smallest absolute Gasteiger partial charge is 0.305 e. The monoisotopic (exact) mass is 1140 g/mol. The molecule has 3 aliphatic rings. The number of guanidine groups is 2. The molecular formula is C52H72N16O14. The van der Waals surface area contributed by atoms with E-state index < -0.39 is 145 Å². The van der Waals surface area contributed by atoms with Crippen LogP contribution in [0.5, 0.6) is 0 Å². The van der Waals surface area contributed by atoms with E-state index in [1.54, 1.807) is 60.7 Å². The minimum atomic E-state index is -1.83. The molecule has 3 aliphatic heterocycles. The molecule has 0 aliphatic carbocycles. The van der Waals surface area contributed by atoms with Gasteiger partial charge in [-0.05, 0) is 62.5 Å². The van der Waals surface area contributed by atoms with E-state index in [2.05, 4.69) is 52.5 Å². The number of carboxylic acid groups (broad SMARTS) is 2. The molecule has 3 fully saturated rings. The second-order valence-electron chi connectivity index (χ2n) is 19.8. The van der Waals surface area contributed by atoms with Crippen molar-refractivity contribution in [1.29, 1.82) is 0 Å². The van der Waals surface area contributed by atoms with Crippen molar-refractivity contribution >= 4 is 82.9 Å². The van der Waals surface area contributed by atoms with Gasteiger partial charge in [-0.2, -0.15) is 0 Å². The van der Waals surface area contributed by atoms with Crippen molar-refractivity contribution in [1.82, 2.24) is 52.3 Å². The van der Waals surface area contributed by atoms with Crippen LogP contribution in [0.15, 0.2) is 70.6 Å². The molecule has 8 atom stereocenters. The predicted molar refractivity (Wildman–Crippen MR) is 292 cm³/mol. The van der Waals surface area contributed by atoms with Gasteiger partial charge in [-0.1, -0.05) is 60.7 Å². The van der Waals surface area contributed by atoms with Crippen LogP contribution in [0.3, 0.4) is 0 Å². The van der Waals surface area contributed by atoms with Crippen LogP contribution in [0.2, 0.25) is 0 Å². The van der Waals surface area contributed by atoms with Crippen LogP contribution in [0.4, 0.5) is 0 Å². The van der Waals surface area contributed by atoms with E-state index in [1.165, 1.54) is 9.80 Å². The van der Waals surface area contributed by atoms with Crippen molar-refractivity contribution in [2.75, 3.05) is 39.3 Å². The number of carboxylic acids is 2. The Hall–Kier alpha value is -9.38. The van der Waals surface area contributed by atoms with Crippen molar-refractivity contribution in [3.8, 4) is 0 Å². The number of carbonyl (C=O) groups excluding carboxylic acids is 10. The zero-order chi connectivity index (χ0) is 59.9. The lowest BCUT2D eigenvalue weighted by molar-refractivity contribution is -0.144. The van der Waals surface area contributed by atoms with E-state index in [1.807, 2.05) is 0 Å². The standard InChI is InChI=1S/C52H72N16O14/c53-51(54)57-19-7-15-31-43(75)60-28-40(70)62-34(26-42(73)74)46(78)66-36(24-30-13-5-2-6-14-30)50(82)68-22-10-18-38(68)48(80)64-32(16-8-20-58-52(55)56)44(76)59-27-39(69)61-33(25-41(71)72)45(77)65-35(23-29-11-3-1-4-12-29)49(81)67-21-9-17-37(67)47(79)63-31/h1-6,11-14,31-38H,7-10,15-28H2,(H,59,76)(H,60,75)(H,61,69)(H,62,70)(H,63,79)(H,64,80)(H,65,77)(H,66,78)(H,71,72)(H,73,74)(H4,53,54,57)(H4,55,56,58)/t31-,32-,33-,34-,35+,36+,37+,38+/m1/s1. The van der Waals surface area contributed by atoms with Crippen LogP contribution in [0.1, 0.15) is 75.3 Å². The fraction of sp³-hybridized carbons (Fsp3) is 0.500. The third-order valence-electron chi connectivity index (χ3n) is 13.5. The Morgan fingerprint density at radius 3 is 1.17 bits per heavy atom. The molecule has 444 valence electrons. The Kier molecular flexibility index (Phi) is 24.3. The average Bonchev–Trinajstić information content (AvgIpc) is 4.34. The first-order chi connectivity index (χ1) is 39.1. The van der Waals surface area contributed by atoms with Gasteiger partial charge in [0.05, 0.1) is 25.9 Å². The zero-order valence-electron chi connectivity index (χ0n) is 45.0. The van der Waals surface area contributed by atoms with E-state index in [-0.39, 0.29) is 102 Å². The number of carbonyl (C=O) groups is 12. The van der Waals surface area contributed by atoms with E-state index in [9.17, 15) is 67.7 Å². The molecule has 0 aromatic heterocycles. The van der Waals surface area contributed by atoms with Crippen LogP contribution in [0.25, 0.3) is 0 Å². The van der Waals surface area contributed by atoms with E-state index in [4.69, 9.17) is 22.9 Å². The number of nitrogens with two attached hydrogens (primary N) is 4. The molecule has 30 heteroatoms. The number of hydrogen-bond donors (Lipinski definition) is 14. The van der Waals surface area contributed by atoms with Gasteiger partial charge in [-0.15, -0.1) is 0 Å². The third kappa shape index (κ3) is 20.1. The van der Waals surface area contributed by atoms with Gasteiger partial charge in [0.25, 0.3) is 0 Å². The number of amides is 10. The van der Waals surface area contributed by atoms with Crippen molar-refractivity contribution in [3.63, 3.8) is 0 Å². The molecule has 3 heterocycles. The second-order valence-corrected chi connectivity index (χ2v) is 19.8. The van der Waals surface area contributed by atoms with Crippen molar-refractivity contribution in [2.24, 2.45) is 32.9 Å². The SMILES string of the molecule is NC(N)=NCCC[C@H]1NC(=O)[C@@H]2CCCN2C(=O)[C@H](Cc2ccccc2)NC(=O)[C@@H](CC(=O)O)NC(=O)CNC(=O)[C@@H](CCCN=C(N)N)NC(=O)[C@@H]2CCCN2C(=O)[C@H](Cc2ccccc2)NC(=O)[C@@H](CC(=O)O)NC(=O)CNC1=O. The van der Waals surface area contributed by atoms with Crippen molar-refractivity contribution in [3.05, 3.63) is 71.8 Å². The number of benzene rings is 2. The molecule has 0 spiro atoms. The number of nitrogens with one attached hydrogen (secondary N) is 8. The van der Waals surface area contributed by atoms with E-state index in [0.717, 1.165) is 0 Å². The van der Waals surface area contributed by atoms with Gasteiger partial charge < -0.3 is 85.5 Å². The van der Waals surface area contributed by atoms with E-state index >= 15 is 0 Å². The lowest BCUT2D eigenvalue weighted by atomic mass is 10.0. The molecule has 18 N–H and O–H groups in total. The topological polar surface area (TPSA) is 477 Å². The highest BCUT2D eigenvalue weighted by Gasteiger charge is 2.42. The van der Waals surface area contributed by atoms with Crippen LogP contribution < -0.4 is 65.5 Å². The molecule has 2 aromatic carbocycles. The van der Waals surface area contributed by atoms with Crippen LogP contribution >= 0.6 is 0 Å². The maximum atomic E-state index is 14.6. The molecule has 30 nitrogen and oxygen atoms in total. The average molecular weight is 1150 g/mol. The second kappa shape index (κ2) is 31.4. The van der Waals surface area contributed by atoms with Gasteiger partial charge in [-0.25, -0.2) is 0 Å². The largest absolute Gasteiger partial charge is 0.481 e. The molecular weight excluding hydrogens is 1070 g/mol. The molecule has 5 rings (SSSR count). The molecule has 0 unspecified atom stereocenters. The minimum Gasteiger partial charge on any atom is -0.481 e. The van der Waals surface area contributed by atoms with Crippen LogP contribution in [-0.2, 0) is 70.4 Å². The highest BCUT2D eigenvalue weighted by atomic mass is 16.4. The minimum absolute atomic E-state index is 0.00392. The Morgan fingerprint density at radius 2 is 0.829 bits per heavy atom. The summed E-state index contributed by atoms with van der Waals surface area (Å²) < 4.78 is 0. The van der Waals surface area contributed by atoms with Gasteiger partial charge in [0.15, 0.2) is 11.9 Å². The molecule has 3 saturated heterocycles. The maximum Gasteiger partial charge on any atom is 0.305 e. The summed E-state index contributed by atoms with van der Waals surface area (Å²) in [5.74, 6) is -12.9. The zero-order valence-corrected chi connectivity index (χ0v) is 45.0. The fourth-order valence-electron chi connectivity index (χ4n) is 9.57. The quantitative estimate of drug-likeness (QED) is 0.0424. The Labute approximate surface area is 471 Å². The summed E-state index contributed by atoms with van der Waals surface area (Å²) in [7, 11) is 0. The fourth-order valence-corrected chi connectivity index (χ4v) is 9.57. The predicted octanol–water partition coefficient (Wildman–Crippen LogP) is -5.33. The Morgan fingerprint density at radius 1 is 0.476 bits per heavy atom. The number of rotatable bonds is 16. The van der Waals surface area contributed by atoms with Crippen molar-refractivity contribution in [2.45, 2.75) is 125 Å². The molecule has 10 amide bonds. The lowest BCUT2D eigenvalue weighted by Crippen LogP contribution is -2.60.